The van der Waals surface area contributed by atoms with Gasteiger partial charge in [-0.3, -0.25) is 14.9 Å². The standard InChI is InChI=1S/C18H18N4O3S/c1-10(2)15-14(11(3)22-25-15)17(24)20-13-6-4-12(5-7-13)16(23)21-18-19-8-9-26-18/h4-10H,1-3H3,(H,20,24)(H,19,21,23). The summed E-state index contributed by atoms with van der Waals surface area (Å²) in [6, 6.07) is 6.63. The molecule has 2 N–H and O–H groups in total. The number of carbonyl (C=O) groups is 2. The molecule has 2 aromatic heterocycles. The lowest BCUT2D eigenvalue weighted by Gasteiger charge is -2.08. The van der Waals surface area contributed by atoms with Crippen molar-refractivity contribution in [3.8, 4) is 0 Å². The molecule has 0 radical (unpaired) electrons. The molecule has 0 aliphatic carbocycles. The smallest absolute Gasteiger partial charge is 0.261 e. The molecule has 2 heterocycles. The SMILES string of the molecule is Cc1noc(C(C)C)c1C(=O)Nc1ccc(C(=O)Nc2nccs2)cc1. The Bertz CT molecular complexity index is 915. The molecule has 26 heavy (non-hydrogen) atoms. The number of thiazole rings is 1. The Morgan fingerprint density at radius 1 is 1.12 bits per heavy atom. The van der Waals surface area contributed by atoms with Gasteiger partial charge in [0.05, 0.1) is 5.69 Å². The zero-order valence-corrected chi connectivity index (χ0v) is 15.4. The predicted octanol–water partition coefficient (Wildman–Crippen LogP) is 4.07. The molecule has 0 saturated heterocycles. The van der Waals surface area contributed by atoms with Crippen LogP contribution in [0.1, 0.15) is 51.9 Å². The molecule has 7 nitrogen and oxygen atoms in total. The molecule has 3 rings (SSSR count). The number of anilines is 2. The van der Waals surface area contributed by atoms with Crippen molar-refractivity contribution >= 4 is 34.0 Å². The van der Waals surface area contributed by atoms with Gasteiger partial charge in [0.25, 0.3) is 11.8 Å². The Kier molecular flexibility index (Phi) is 5.13. The highest BCUT2D eigenvalue weighted by Crippen LogP contribution is 2.23. The minimum Gasteiger partial charge on any atom is -0.360 e. The van der Waals surface area contributed by atoms with Gasteiger partial charge in [0.1, 0.15) is 5.56 Å². The zero-order valence-electron chi connectivity index (χ0n) is 14.6. The van der Waals surface area contributed by atoms with Gasteiger partial charge in [0, 0.05) is 28.7 Å². The molecule has 1 aromatic carbocycles. The Hall–Kier alpha value is -3.00. The largest absolute Gasteiger partial charge is 0.360 e. The summed E-state index contributed by atoms with van der Waals surface area (Å²) in [5.74, 6) is 0.0653. The molecule has 8 heteroatoms. The molecule has 0 fully saturated rings. The van der Waals surface area contributed by atoms with E-state index < -0.39 is 0 Å². The number of amides is 2. The van der Waals surface area contributed by atoms with Crippen molar-refractivity contribution in [3.05, 3.63) is 58.4 Å². The average molecular weight is 370 g/mol. The van der Waals surface area contributed by atoms with Gasteiger partial charge in [-0.25, -0.2) is 4.98 Å². The van der Waals surface area contributed by atoms with Crippen molar-refractivity contribution in [2.24, 2.45) is 0 Å². The predicted molar refractivity (Wildman–Crippen MR) is 99.8 cm³/mol. The third-order valence-electron chi connectivity index (χ3n) is 3.70. The first kappa shape index (κ1) is 17.8. The number of aryl methyl sites for hydroxylation is 1. The zero-order chi connectivity index (χ0) is 18.7. The minimum atomic E-state index is -0.285. The van der Waals surface area contributed by atoms with Crippen molar-refractivity contribution in [3.63, 3.8) is 0 Å². The number of nitrogens with one attached hydrogen (secondary N) is 2. The lowest BCUT2D eigenvalue weighted by molar-refractivity contribution is 0.101. The van der Waals surface area contributed by atoms with Crippen LogP contribution in [0.3, 0.4) is 0 Å². The summed E-state index contributed by atoms with van der Waals surface area (Å²) < 4.78 is 5.25. The van der Waals surface area contributed by atoms with Crippen molar-refractivity contribution in [2.75, 3.05) is 10.6 Å². The number of carbonyl (C=O) groups excluding carboxylic acids is 2. The van der Waals surface area contributed by atoms with E-state index in [4.69, 9.17) is 4.52 Å². The molecule has 3 aromatic rings. The van der Waals surface area contributed by atoms with E-state index in [2.05, 4.69) is 20.8 Å². The van der Waals surface area contributed by atoms with Crippen molar-refractivity contribution < 1.29 is 14.1 Å². The Morgan fingerprint density at radius 2 is 1.85 bits per heavy atom. The maximum absolute atomic E-state index is 12.6. The highest BCUT2D eigenvalue weighted by atomic mass is 32.1. The highest BCUT2D eigenvalue weighted by molar-refractivity contribution is 7.13. The Morgan fingerprint density at radius 3 is 2.46 bits per heavy atom. The van der Waals surface area contributed by atoms with Gasteiger partial charge >= 0.3 is 0 Å². The van der Waals surface area contributed by atoms with Crippen LogP contribution < -0.4 is 10.6 Å². The van der Waals surface area contributed by atoms with E-state index in [1.807, 2.05) is 13.8 Å². The van der Waals surface area contributed by atoms with E-state index in [-0.39, 0.29) is 17.7 Å². The lowest BCUT2D eigenvalue weighted by atomic mass is 10.0. The molecule has 0 spiro atoms. The van der Waals surface area contributed by atoms with Crippen molar-refractivity contribution in [2.45, 2.75) is 26.7 Å². The number of nitrogens with zero attached hydrogens (tertiary/aromatic N) is 2. The monoisotopic (exact) mass is 370 g/mol. The lowest BCUT2D eigenvalue weighted by Crippen LogP contribution is -2.15. The molecular weight excluding hydrogens is 352 g/mol. The van der Waals surface area contributed by atoms with Crippen molar-refractivity contribution in [1.29, 1.82) is 0 Å². The van der Waals surface area contributed by atoms with E-state index in [1.54, 1.807) is 42.8 Å². The van der Waals surface area contributed by atoms with E-state index in [1.165, 1.54) is 11.3 Å². The van der Waals surface area contributed by atoms with Gasteiger partial charge in [-0.2, -0.15) is 0 Å². The molecule has 0 bridgehead atoms. The first-order valence-electron chi connectivity index (χ1n) is 8.04. The van der Waals surface area contributed by atoms with Gasteiger partial charge in [-0.1, -0.05) is 19.0 Å². The highest BCUT2D eigenvalue weighted by Gasteiger charge is 2.22. The van der Waals surface area contributed by atoms with Crippen LogP contribution >= 0.6 is 11.3 Å². The Labute approximate surface area is 154 Å². The molecular formula is C18H18N4O3S. The first-order chi connectivity index (χ1) is 12.5. The number of rotatable bonds is 5. The minimum absolute atomic E-state index is 0.0499. The van der Waals surface area contributed by atoms with Crippen LogP contribution in [0.25, 0.3) is 0 Å². The van der Waals surface area contributed by atoms with Crippen molar-refractivity contribution in [1.82, 2.24) is 10.1 Å². The summed E-state index contributed by atoms with van der Waals surface area (Å²) in [6.07, 6.45) is 1.62. The molecule has 0 saturated carbocycles. The molecule has 134 valence electrons. The fourth-order valence-corrected chi connectivity index (χ4v) is 2.93. The fourth-order valence-electron chi connectivity index (χ4n) is 2.41. The third-order valence-corrected chi connectivity index (χ3v) is 4.39. The number of hydrogen-bond acceptors (Lipinski definition) is 6. The summed E-state index contributed by atoms with van der Waals surface area (Å²) in [4.78, 5) is 28.7. The normalized spacial score (nSPS) is 10.8. The van der Waals surface area contributed by atoms with Crippen LogP contribution in [-0.2, 0) is 0 Å². The van der Waals surface area contributed by atoms with E-state index in [0.29, 0.717) is 33.4 Å². The van der Waals surface area contributed by atoms with Crippen LogP contribution in [0.4, 0.5) is 10.8 Å². The van der Waals surface area contributed by atoms with Gasteiger partial charge in [-0.05, 0) is 31.2 Å². The topological polar surface area (TPSA) is 97.1 Å². The summed E-state index contributed by atoms with van der Waals surface area (Å²) in [5, 5.41) is 11.7. The molecule has 0 atom stereocenters. The van der Waals surface area contributed by atoms with Crippen LogP contribution in [0.15, 0.2) is 40.4 Å². The summed E-state index contributed by atoms with van der Waals surface area (Å²) in [7, 11) is 0. The maximum Gasteiger partial charge on any atom is 0.261 e. The maximum atomic E-state index is 12.6. The van der Waals surface area contributed by atoms with E-state index in [0.717, 1.165) is 0 Å². The van der Waals surface area contributed by atoms with Crippen LogP contribution in [0, 0.1) is 6.92 Å². The second kappa shape index (κ2) is 7.49. The van der Waals surface area contributed by atoms with Gasteiger partial charge in [0.15, 0.2) is 10.9 Å². The summed E-state index contributed by atoms with van der Waals surface area (Å²) >= 11 is 1.35. The summed E-state index contributed by atoms with van der Waals surface area (Å²) in [5.41, 5.74) is 2.05. The van der Waals surface area contributed by atoms with Gasteiger partial charge in [0.2, 0.25) is 0 Å². The quantitative estimate of drug-likeness (QED) is 0.706. The Balaban J connectivity index is 1.70. The van der Waals surface area contributed by atoms with Gasteiger partial charge < -0.3 is 9.84 Å². The molecule has 0 unspecified atom stereocenters. The molecule has 0 aliphatic rings. The van der Waals surface area contributed by atoms with Crippen LogP contribution in [-0.4, -0.2) is 22.0 Å². The summed E-state index contributed by atoms with van der Waals surface area (Å²) in [6.45, 7) is 5.61. The number of benzene rings is 1. The second-order valence-electron chi connectivity index (χ2n) is 5.98. The van der Waals surface area contributed by atoms with E-state index in [9.17, 15) is 9.59 Å². The molecule has 2 amide bonds. The van der Waals surface area contributed by atoms with Crippen LogP contribution in [0.2, 0.25) is 0 Å². The number of hydrogen-bond donors (Lipinski definition) is 2. The third kappa shape index (κ3) is 3.80. The van der Waals surface area contributed by atoms with Gasteiger partial charge in [-0.15, -0.1) is 11.3 Å². The average Bonchev–Trinajstić information content (AvgIpc) is 3.24. The number of aromatic nitrogens is 2. The molecule has 0 aliphatic heterocycles. The first-order valence-corrected chi connectivity index (χ1v) is 8.92. The van der Waals surface area contributed by atoms with Crippen LogP contribution in [0.5, 0.6) is 0 Å². The fraction of sp³-hybridized carbons (Fsp3) is 0.222. The second-order valence-corrected chi connectivity index (χ2v) is 6.88. The van der Waals surface area contributed by atoms with E-state index >= 15 is 0 Å².